The molecule has 0 fully saturated rings. The zero-order valence-corrected chi connectivity index (χ0v) is 9.98. The highest BCUT2D eigenvalue weighted by atomic mass is 32.2. The third-order valence-corrected chi connectivity index (χ3v) is 3.10. The van der Waals surface area contributed by atoms with Crippen LogP contribution in [0, 0.1) is 0 Å². The van der Waals surface area contributed by atoms with Gasteiger partial charge in [-0.25, -0.2) is 14.7 Å². The average Bonchev–Trinajstić information content (AvgIpc) is 2.37. The molecule has 1 heterocycles. The van der Waals surface area contributed by atoms with E-state index in [0.717, 1.165) is 5.56 Å². The number of nitrogens with one attached hydrogen (secondary N) is 1. The van der Waals surface area contributed by atoms with Gasteiger partial charge in [0.2, 0.25) is 0 Å². The van der Waals surface area contributed by atoms with E-state index < -0.39 is 11.7 Å². The third kappa shape index (κ3) is 3.17. The largest absolute Gasteiger partial charge is 0.478 e. The lowest BCUT2D eigenvalue weighted by molar-refractivity contribution is 0.0697. The van der Waals surface area contributed by atoms with Crippen molar-refractivity contribution in [3.8, 4) is 0 Å². The van der Waals surface area contributed by atoms with Crippen molar-refractivity contribution in [2.75, 3.05) is 0 Å². The number of rotatable bonds is 4. The first-order chi connectivity index (χ1) is 8.65. The summed E-state index contributed by atoms with van der Waals surface area (Å²) in [5, 5.41) is 15.1. The lowest BCUT2D eigenvalue weighted by atomic mass is 10.1. The molecule has 2 aromatic rings. The van der Waals surface area contributed by atoms with Gasteiger partial charge in [-0.15, -0.1) is 0 Å². The Labute approximate surface area is 106 Å². The number of hydrogen-bond acceptors (Lipinski definition) is 5. The van der Waals surface area contributed by atoms with Crippen LogP contribution in [0.15, 0.2) is 40.3 Å². The summed E-state index contributed by atoms with van der Waals surface area (Å²) in [4.78, 5) is 25.3. The maximum Gasteiger partial charge on any atom is 0.362 e. The monoisotopic (exact) mass is 263 g/mol. The van der Waals surface area contributed by atoms with Crippen molar-refractivity contribution in [2.45, 2.75) is 10.8 Å². The van der Waals surface area contributed by atoms with E-state index >= 15 is 0 Å². The molecule has 2 rings (SSSR count). The van der Waals surface area contributed by atoms with Crippen molar-refractivity contribution in [3.05, 3.63) is 52.1 Å². The predicted molar refractivity (Wildman–Crippen MR) is 65.6 cm³/mol. The number of aromatic amines is 1. The van der Waals surface area contributed by atoms with Crippen LogP contribution in [-0.4, -0.2) is 26.3 Å². The van der Waals surface area contributed by atoms with Gasteiger partial charge in [-0.3, -0.25) is 0 Å². The fourth-order valence-corrected chi connectivity index (χ4v) is 2.05. The Balaban J connectivity index is 2.02. The molecule has 1 aromatic heterocycles. The van der Waals surface area contributed by atoms with Crippen LogP contribution in [0.1, 0.15) is 15.9 Å². The SMILES string of the molecule is O=C(O)c1ccc(CSc2cn[nH]c(=O)n2)cc1. The summed E-state index contributed by atoms with van der Waals surface area (Å²) >= 11 is 1.36. The van der Waals surface area contributed by atoms with Crippen molar-refractivity contribution >= 4 is 17.7 Å². The second kappa shape index (κ2) is 5.46. The first-order valence-electron chi connectivity index (χ1n) is 5.02. The number of thioether (sulfide) groups is 1. The molecule has 0 saturated carbocycles. The molecule has 0 unspecified atom stereocenters. The summed E-state index contributed by atoms with van der Waals surface area (Å²) in [6, 6.07) is 6.55. The standard InChI is InChI=1S/C11H9N3O3S/c15-10(16)8-3-1-7(2-4-8)6-18-9-5-12-14-11(17)13-9/h1-5H,6H2,(H,15,16)(H,13,14,17). The van der Waals surface area contributed by atoms with Crippen molar-refractivity contribution < 1.29 is 9.90 Å². The number of carboxylic acid groups (broad SMARTS) is 1. The van der Waals surface area contributed by atoms with E-state index in [0.29, 0.717) is 10.8 Å². The first-order valence-corrected chi connectivity index (χ1v) is 6.00. The minimum atomic E-state index is -0.949. The number of carbonyl (C=O) groups is 1. The zero-order chi connectivity index (χ0) is 13.0. The third-order valence-electron chi connectivity index (χ3n) is 2.13. The molecule has 0 radical (unpaired) electrons. The van der Waals surface area contributed by atoms with Gasteiger partial charge in [0, 0.05) is 5.75 Å². The van der Waals surface area contributed by atoms with Gasteiger partial charge in [0.1, 0.15) is 5.03 Å². The second-order valence-corrected chi connectivity index (χ2v) is 4.41. The lowest BCUT2D eigenvalue weighted by Crippen LogP contribution is -2.11. The molecule has 92 valence electrons. The number of H-pyrrole nitrogens is 1. The van der Waals surface area contributed by atoms with E-state index in [-0.39, 0.29) is 5.56 Å². The van der Waals surface area contributed by atoms with E-state index in [1.165, 1.54) is 18.0 Å². The highest BCUT2D eigenvalue weighted by Gasteiger charge is 2.03. The van der Waals surface area contributed by atoms with Crippen LogP contribution in [-0.2, 0) is 5.75 Å². The van der Waals surface area contributed by atoms with Crippen molar-refractivity contribution in [1.29, 1.82) is 0 Å². The maximum atomic E-state index is 10.9. The van der Waals surface area contributed by atoms with Crippen molar-refractivity contribution in [3.63, 3.8) is 0 Å². The molecule has 0 aliphatic rings. The lowest BCUT2D eigenvalue weighted by Gasteiger charge is -2.01. The van der Waals surface area contributed by atoms with Gasteiger partial charge in [0.05, 0.1) is 11.8 Å². The maximum absolute atomic E-state index is 10.9. The fraction of sp³-hybridized carbons (Fsp3) is 0.0909. The van der Waals surface area contributed by atoms with Crippen LogP contribution >= 0.6 is 11.8 Å². The highest BCUT2D eigenvalue weighted by molar-refractivity contribution is 7.98. The predicted octanol–water partition coefficient (Wildman–Crippen LogP) is 1.16. The Morgan fingerprint density at radius 3 is 2.67 bits per heavy atom. The number of aromatic nitrogens is 3. The van der Waals surface area contributed by atoms with Crippen molar-refractivity contribution in [1.82, 2.24) is 15.2 Å². The van der Waals surface area contributed by atoms with E-state index in [1.54, 1.807) is 24.3 Å². The van der Waals surface area contributed by atoms with Crippen LogP contribution < -0.4 is 5.69 Å². The molecule has 18 heavy (non-hydrogen) atoms. The number of hydrogen-bond donors (Lipinski definition) is 2. The Bertz CT molecular complexity index is 609. The Morgan fingerprint density at radius 2 is 2.06 bits per heavy atom. The fourth-order valence-electron chi connectivity index (χ4n) is 1.27. The quantitative estimate of drug-likeness (QED) is 0.803. The van der Waals surface area contributed by atoms with Gasteiger partial charge < -0.3 is 5.11 Å². The molecule has 7 heteroatoms. The molecule has 0 saturated heterocycles. The molecule has 0 atom stereocenters. The second-order valence-electron chi connectivity index (χ2n) is 3.42. The molecule has 0 amide bonds. The van der Waals surface area contributed by atoms with Crippen LogP contribution in [0.4, 0.5) is 0 Å². The van der Waals surface area contributed by atoms with Gasteiger partial charge in [-0.1, -0.05) is 23.9 Å². The Kier molecular flexibility index (Phi) is 3.73. The number of benzene rings is 1. The Hall–Kier alpha value is -2.15. The number of carboxylic acids is 1. The van der Waals surface area contributed by atoms with Crippen LogP contribution in [0.3, 0.4) is 0 Å². The molecular weight excluding hydrogens is 254 g/mol. The van der Waals surface area contributed by atoms with Gasteiger partial charge in [0.25, 0.3) is 0 Å². The van der Waals surface area contributed by atoms with Gasteiger partial charge in [0.15, 0.2) is 0 Å². The van der Waals surface area contributed by atoms with Gasteiger partial charge in [-0.2, -0.15) is 10.1 Å². The summed E-state index contributed by atoms with van der Waals surface area (Å²) in [6.07, 6.45) is 1.47. The topological polar surface area (TPSA) is 95.9 Å². The minimum absolute atomic E-state index is 0.250. The number of aromatic carboxylic acids is 1. The normalized spacial score (nSPS) is 10.2. The number of nitrogens with zero attached hydrogens (tertiary/aromatic N) is 2. The molecule has 2 N–H and O–H groups in total. The van der Waals surface area contributed by atoms with Crippen LogP contribution in [0.25, 0.3) is 0 Å². The van der Waals surface area contributed by atoms with E-state index in [1.807, 2.05) is 0 Å². The van der Waals surface area contributed by atoms with Crippen LogP contribution in [0.5, 0.6) is 0 Å². The van der Waals surface area contributed by atoms with Crippen molar-refractivity contribution in [2.24, 2.45) is 0 Å². The molecule has 0 bridgehead atoms. The molecule has 1 aromatic carbocycles. The summed E-state index contributed by atoms with van der Waals surface area (Å²) in [5.41, 5.74) is 0.716. The summed E-state index contributed by atoms with van der Waals surface area (Å²) in [6.45, 7) is 0. The minimum Gasteiger partial charge on any atom is -0.478 e. The Morgan fingerprint density at radius 1 is 1.33 bits per heavy atom. The van der Waals surface area contributed by atoms with Gasteiger partial charge >= 0.3 is 11.7 Å². The first kappa shape index (κ1) is 12.3. The van der Waals surface area contributed by atoms with E-state index in [4.69, 9.17) is 5.11 Å². The molecule has 0 aliphatic carbocycles. The molecule has 6 nitrogen and oxygen atoms in total. The average molecular weight is 263 g/mol. The van der Waals surface area contributed by atoms with E-state index in [9.17, 15) is 9.59 Å². The molecule has 0 aliphatic heterocycles. The zero-order valence-electron chi connectivity index (χ0n) is 9.16. The smallest absolute Gasteiger partial charge is 0.362 e. The summed E-state index contributed by atoms with van der Waals surface area (Å²) in [7, 11) is 0. The summed E-state index contributed by atoms with van der Waals surface area (Å²) < 4.78 is 0. The summed E-state index contributed by atoms with van der Waals surface area (Å²) in [5.74, 6) is -0.354. The molecular formula is C11H9N3O3S. The molecule has 0 spiro atoms. The van der Waals surface area contributed by atoms with E-state index in [2.05, 4.69) is 15.2 Å². The van der Waals surface area contributed by atoms with Crippen LogP contribution in [0.2, 0.25) is 0 Å². The highest BCUT2D eigenvalue weighted by Crippen LogP contribution is 2.19. The van der Waals surface area contributed by atoms with Gasteiger partial charge in [-0.05, 0) is 17.7 Å².